The highest BCUT2D eigenvalue weighted by Gasteiger charge is 1.99. The van der Waals surface area contributed by atoms with Crippen LogP contribution in [-0.4, -0.2) is 50.0 Å². The third-order valence-electron chi connectivity index (χ3n) is 1.69. The predicted octanol–water partition coefficient (Wildman–Crippen LogP) is 0.337. The van der Waals surface area contributed by atoms with Crippen molar-refractivity contribution in [3.8, 4) is 0 Å². The van der Waals surface area contributed by atoms with Gasteiger partial charge in [0.25, 0.3) is 0 Å². The third kappa shape index (κ3) is 6.28. The SMILES string of the molecule is CCN(CCCO)CCOC. The number of methoxy groups -OCH3 is 1. The van der Waals surface area contributed by atoms with Crippen molar-refractivity contribution in [1.82, 2.24) is 4.90 Å². The van der Waals surface area contributed by atoms with Gasteiger partial charge >= 0.3 is 0 Å². The number of likely N-dealkylation sites (N-methyl/N-ethyl adjacent to an activating group) is 1. The average Bonchev–Trinajstić information content (AvgIpc) is 2.05. The second kappa shape index (κ2) is 7.98. The first-order chi connectivity index (χ1) is 5.35. The Morgan fingerprint density at radius 2 is 2.09 bits per heavy atom. The van der Waals surface area contributed by atoms with Gasteiger partial charge in [-0.05, 0) is 13.0 Å². The highest BCUT2D eigenvalue weighted by molar-refractivity contribution is 4.53. The second-order valence-electron chi connectivity index (χ2n) is 2.50. The van der Waals surface area contributed by atoms with Crippen LogP contribution in [0.1, 0.15) is 13.3 Å². The van der Waals surface area contributed by atoms with E-state index in [0.29, 0.717) is 0 Å². The molecule has 0 saturated carbocycles. The van der Waals surface area contributed by atoms with E-state index in [1.54, 1.807) is 7.11 Å². The van der Waals surface area contributed by atoms with E-state index in [-0.39, 0.29) is 6.61 Å². The molecular weight excluding hydrogens is 142 g/mol. The maximum absolute atomic E-state index is 8.58. The first-order valence-electron chi connectivity index (χ1n) is 4.17. The van der Waals surface area contributed by atoms with Gasteiger partial charge in [0, 0.05) is 26.8 Å². The first-order valence-corrected chi connectivity index (χ1v) is 4.17. The first kappa shape index (κ1) is 10.9. The molecule has 3 heteroatoms. The number of hydrogen-bond donors (Lipinski definition) is 1. The molecule has 0 heterocycles. The van der Waals surface area contributed by atoms with Crippen LogP contribution in [0.5, 0.6) is 0 Å². The monoisotopic (exact) mass is 161 g/mol. The lowest BCUT2D eigenvalue weighted by Gasteiger charge is -2.18. The van der Waals surface area contributed by atoms with Crippen LogP contribution in [0.3, 0.4) is 0 Å². The number of aliphatic hydroxyl groups is 1. The molecule has 0 bridgehead atoms. The lowest BCUT2D eigenvalue weighted by atomic mass is 10.4. The van der Waals surface area contributed by atoms with Crippen molar-refractivity contribution < 1.29 is 9.84 Å². The standard InChI is InChI=1S/C8H19NO2/c1-3-9(5-4-7-10)6-8-11-2/h10H,3-8H2,1-2H3. The minimum Gasteiger partial charge on any atom is -0.396 e. The second-order valence-corrected chi connectivity index (χ2v) is 2.50. The molecule has 0 aliphatic rings. The zero-order chi connectivity index (χ0) is 8.53. The molecule has 11 heavy (non-hydrogen) atoms. The quantitative estimate of drug-likeness (QED) is 0.584. The van der Waals surface area contributed by atoms with E-state index >= 15 is 0 Å². The lowest BCUT2D eigenvalue weighted by Crippen LogP contribution is -2.28. The fraction of sp³-hybridized carbons (Fsp3) is 1.00. The van der Waals surface area contributed by atoms with Gasteiger partial charge < -0.3 is 14.7 Å². The highest BCUT2D eigenvalue weighted by Crippen LogP contribution is 1.89. The van der Waals surface area contributed by atoms with Crippen molar-refractivity contribution in [3.05, 3.63) is 0 Å². The van der Waals surface area contributed by atoms with Crippen molar-refractivity contribution in [3.63, 3.8) is 0 Å². The molecule has 0 radical (unpaired) electrons. The molecule has 1 N–H and O–H groups in total. The van der Waals surface area contributed by atoms with Crippen LogP contribution in [0, 0.1) is 0 Å². The molecule has 0 aromatic carbocycles. The van der Waals surface area contributed by atoms with Crippen LogP contribution < -0.4 is 0 Å². The fourth-order valence-electron chi connectivity index (χ4n) is 0.943. The zero-order valence-corrected chi connectivity index (χ0v) is 7.55. The summed E-state index contributed by atoms with van der Waals surface area (Å²) in [5.74, 6) is 0. The molecule has 0 aliphatic heterocycles. The molecule has 0 fully saturated rings. The molecule has 0 amide bonds. The van der Waals surface area contributed by atoms with E-state index < -0.39 is 0 Å². The van der Waals surface area contributed by atoms with Crippen LogP contribution in [-0.2, 0) is 4.74 Å². The fourth-order valence-corrected chi connectivity index (χ4v) is 0.943. The Kier molecular flexibility index (Phi) is 7.89. The molecular formula is C8H19NO2. The molecule has 68 valence electrons. The van der Waals surface area contributed by atoms with E-state index in [4.69, 9.17) is 9.84 Å². The van der Waals surface area contributed by atoms with E-state index in [0.717, 1.165) is 32.7 Å². The summed E-state index contributed by atoms with van der Waals surface area (Å²) < 4.78 is 4.95. The Hall–Kier alpha value is -0.120. The molecule has 0 atom stereocenters. The third-order valence-corrected chi connectivity index (χ3v) is 1.69. The van der Waals surface area contributed by atoms with Crippen molar-refractivity contribution in [2.45, 2.75) is 13.3 Å². The van der Waals surface area contributed by atoms with E-state index in [1.165, 1.54) is 0 Å². The van der Waals surface area contributed by atoms with Gasteiger partial charge in [0.05, 0.1) is 6.61 Å². The van der Waals surface area contributed by atoms with Crippen molar-refractivity contribution in [1.29, 1.82) is 0 Å². The molecule has 0 aromatic heterocycles. The van der Waals surface area contributed by atoms with Gasteiger partial charge in [-0.25, -0.2) is 0 Å². The Balaban J connectivity index is 3.25. The number of hydrogen-bond acceptors (Lipinski definition) is 3. The zero-order valence-electron chi connectivity index (χ0n) is 7.55. The summed E-state index contributed by atoms with van der Waals surface area (Å²) in [7, 11) is 1.71. The van der Waals surface area contributed by atoms with Crippen molar-refractivity contribution in [2.24, 2.45) is 0 Å². The van der Waals surface area contributed by atoms with Gasteiger partial charge in [-0.1, -0.05) is 6.92 Å². The van der Waals surface area contributed by atoms with Gasteiger partial charge in [-0.15, -0.1) is 0 Å². The molecule has 0 rings (SSSR count). The summed E-state index contributed by atoms with van der Waals surface area (Å²) in [6.45, 7) is 6.14. The summed E-state index contributed by atoms with van der Waals surface area (Å²) in [6, 6.07) is 0. The van der Waals surface area contributed by atoms with Crippen LogP contribution in [0.4, 0.5) is 0 Å². The molecule has 0 saturated heterocycles. The Morgan fingerprint density at radius 3 is 2.55 bits per heavy atom. The minimum atomic E-state index is 0.281. The molecule has 3 nitrogen and oxygen atoms in total. The van der Waals surface area contributed by atoms with Crippen LogP contribution in [0.2, 0.25) is 0 Å². The molecule has 0 aromatic rings. The van der Waals surface area contributed by atoms with Gasteiger partial charge in [-0.3, -0.25) is 0 Å². The van der Waals surface area contributed by atoms with Gasteiger partial charge in [0.1, 0.15) is 0 Å². The summed E-state index contributed by atoms with van der Waals surface area (Å²) in [6.07, 6.45) is 0.859. The summed E-state index contributed by atoms with van der Waals surface area (Å²) in [5, 5.41) is 8.58. The number of aliphatic hydroxyl groups excluding tert-OH is 1. The number of rotatable bonds is 7. The Labute approximate surface area is 69.0 Å². The van der Waals surface area contributed by atoms with Crippen molar-refractivity contribution >= 4 is 0 Å². The van der Waals surface area contributed by atoms with Gasteiger partial charge in [0.2, 0.25) is 0 Å². The van der Waals surface area contributed by atoms with Gasteiger partial charge in [0.15, 0.2) is 0 Å². The smallest absolute Gasteiger partial charge is 0.0589 e. The highest BCUT2D eigenvalue weighted by atomic mass is 16.5. The van der Waals surface area contributed by atoms with E-state index in [1.807, 2.05) is 0 Å². The average molecular weight is 161 g/mol. The predicted molar refractivity (Wildman–Crippen MR) is 45.7 cm³/mol. The Bertz CT molecular complexity index is 70.5. The van der Waals surface area contributed by atoms with E-state index in [9.17, 15) is 0 Å². The maximum atomic E-state index is 8.58. The maximum Gasteiger partial charge on any atom is 0.0589 e. The number of nitrogens with zero attached hydrogens (tertiary/aromatic N) is 1. The number of ether oxygens (including phenoxy) is 1. The van der Waals surface area contributed by atoms with Crippen LogP contribution >= 0.6 is 0 Å². The van der Waals surface area contributed by atoms with Crippen LogP contribution in [0.25, 0.3) is 0 Å². The summed E-state index contributed by atoms with van der Waals surface area (Å²) in [4.78, 5) is 2.26. The lowest BCUT2D eigenvalue weighted by molar-refractivity contribution is 0.144. The topological polar surface area (TPSA) is 32.7 Å². The Morgan fingerprint density at radius 1 is 1.36 bits per heavy atom. The summed E-state index contributed by atoms with van der Waals surface area (Å²) in [5.41, 5.74) is 0. The largest absolute Gasteiger partial charge is 0.396 e. The van der Waals surface area contributed by atoms with Crippen LogP contribution in [0.15, 0.2) is 0 Å². The normalized spacial score (nSPS) is 10.9. The summed E-state index contributed by atoms with van der Waals surface area (Å²) >= 11 is 0. The molecule has 0 aliphatic carbocycles. The molecule has 0 spiro atoms. The van der Waals surface area contributed by atoms with Crippen molar-refractivity contribution in [2.75, 3.05) is 40.0 Å². The molecule has 0 unspecified atom stereocenters. The van der Waals surface area contributed by atoms with Gasteiger partial charge in [-0.2, -0.15) is 0 Å². The minimum absolute atomic E-state index is 0.281. The van der Waals surface area contributed by atoms with E-state index in [2.05, 4.69) is 11.8 Å².